The van der Waals surface area contributed by atoms with Gasteiger partial charge in [-0.3, -0.25) is 9.59 Å². The van der Waals surface area contributed by atoms with Crippen molar-refractivity contribution < 1.29 is 27.5 Å². The molecular weight excluding hydrogens is 410 g/mol. The fraction of sp³-hybridized carbons (Fsp3) is 0.600. The molecule has 2 N–H and O–H groups in total. The number of amides is 2. The third-order valence-electron chi connectivity index (χ3n) is 5.16. The Morgan fingerprint density at radius 1 is 1.20 bits per heavy atom. The lowest BCUT2D eigenvalue weighted by Gasteiger charge is -2.32. The van der Waals surface area contributed by atoms with Gasteiger partial charge in [-0.05, 0) is 25.8 Å². The molecule has 0 unspecified atom stereocenters. The van der Waals surface area contributed by atoms with Crippen LogP contribution < -0.4 is 20.1 Å². The van der Waals surface area contributed by atoms with E-state index in [0.717, 1.165) is 5.56 Å². The first-order valence-electron chi connectivity index (χ1n) is 9.97. The third-order valence-corrected chi connectivity index (χ3v) is 7.04. The Morgan fingerprint density at radius 3 is 2.40 bits per heavy atom. The van der Waals surface area contributed by atoms with Crippen molar-refractivity contribution in [3.8, 4) is 11.5 Å². The van der Waals surface area contributed by atoms with Crippen molar-refractivity contribution in [2.45, 2.75) is 45.2 Å². The van der Waals surface area contributed by atoms with E-state index in [1.54, 1.807) is 19.1 Å². The number of ether oxygens (including phenoxy) is 2. The van der Waals surface area contributed by atoms with Crippen molar-refractivity contribution >= 4 is 21.8 Å². The minimum atomic E-state index is -3.22. The summed E-state index contributed by atoms with van der Waals surface area (Å²) in [6.07, 6.45) is 1.29. The molecule has 30 heavy (non-hydrogen) atoms. The van der Waals surface area contributed by atoms with Crippen molar-refractivity contribution in [2.24, 2.45) is 0 Å². The summed E-state index contributed by atoms with van der Waals surface area (Å²) in [6.45, 7) is 3.72. The number of carbonyl (C=O) groups excluding carboxylic acids is 2. The summed E-state index contributed by atoms with van der Waals surface area (Å²) in [5, 5.41) is 5.65. The molecule has 0 aliphatic carbocycles. The van der Waals surface area contributed by atoms with Crippen LogP contribution in [0.15, 0.2) is 18.2 Å². The molecule has 1 heterocycles. The highest BCUT2D eigenvalue weighted by atomic mass is 32.2. The van der Waals surface area contributed by atoms with Gasteiger partial charge in [0.25, 0.3) is 0 Å². The molecule has 1 atom stereocenters. The van der Waals surface area contributed by atoms with Crippen LogP contribution in [-0.2, 0) is 26.0 Å². The summed E-state index contributed by atoms with van der Waals surface area (Å²) in [4.78, 5) is 24.6. The molecule has 9 nitrogen and oxygen atoms in total. The Morgan fingerprint density at radius 2 is 1.87 bits per heavy atom. The summed E-state index contributed by atoms with van der Waals surface area (Å²) in [5.74, 6) is 0.493. The van der Waals surface area contributed by atoms with Crippen LogP contribution in [-0.4, -0.2) is 69.7 Å². The molecule has 1 aliphatic rings. The van der Waals surface area contributed by atoms with Crippen molar-refractivity contribution in [1.29, 1.82) is 0 Å². The first-order valence-corrected chi connectivity index (χ1v) is 11.6. The highest BCUT2D eigenvalue weighted by molar-refractivity contribution is 7.89. The van der Waals surface area contributed by atoms with Crippen molar-refractivity contribution in [2.75, 3.05) is 33.1 Å². The minimum absolute atomic E-state index is 0.0665. The number of hydrogen-bond donors (Lipinski definition) is 2. The van der Waals surface area contributed by atoms with E-state index < -0.39 is 16.1 Å². The van der Waals surface area contributed by atoms with Gasteiger partial charge >= 0.3 is 0 Å². The summed E-state index contributed by atoms with van der Waals surface area (Å²) in [5.41, 5.74) is 0.731. The van der Waals surface area contributed by atoms with Gasteiger partial charge in [0.1, 0.15) is 6.04 Å². The van der Waals surface area contributed by atoms with Crippen LogP contribution in [0, 0.1) is 0 Å². The molecule has 0 bridgehead atoms. The normalized spacial score (nSPS) is 16.5. The predicted octanol–water partition coefficient (Wildman–Crippen LogP) is 0.681. The van der Waals surface area contributed by atoms with Crippen LogP contribution in [0.2, 0.25) is 0 Å². The Balaban J connectivity index is 2.08. The van der Waals surface area contributed by atoms with Gasteiger partial charge in [-0.25, -0.2) is 12.7 Å². The van der Waals surface area contributed by atoms with Gasteiger partial charge in [0.2, 0.25) is 21.8 Å². The number of hydrogen-bond acceptors (Lipinski definition) is 6. The van der Waals surface area contributed by atoms with Gasteiger partial charge in [0.15, 0.2) is 11.5 Å². The Labute approximate surface area is 178 Å². The van der Waals surface area contributed by atoms with E-state index in [9.17, 15) is 18.0 Å². The van der Waals surface area contributed by atoms with Crippen LogP contribution in [0.5, 0.6) is 11.5 Å². The SMILES string of the molecule is CCS(=O)(=O)N1CCC(NC(=O)[C@H](Cc2cccc(OC)c2OC)NC(C)=O)CC1. The number of para-hydroxylation sites is 1. The Hall–Kier alpha value is -2.33. The maximum absolute atomic E-state index is 12.9. The first kappa shape index (κ1) is 23.9. The van der Waals surface area contributed by atoms with Gasteiger partial charge in [-0.15, -0.1) is 0 Å². The number of nitrogens with zero attached hydrogens (tertiary/aromatic N) is 1. The van der Waals surface area contributed by atoms with Crippen LogP contribution in [0.4, 0.5) is 0 Å². The summed E-state index contributed by atoms with van der Waals surface area (Å²) in [7, 11) is -0.169. The maximum Gasteiger partial charge on any atom is 0.243 e. The number of rotatable bonds is 9. The summed E-state index contributed by atoms with van der Waals surface area (Å²) >= 11 is 0. The summed E-state index contributed by atoms with van der Waals surface area (Å²) < 4.78 is 36.2. The Kier molecular flexibility index (Phi) is 8.48. The second kappa shape index (κ2) is 10.6. The quantitative estimate of drug-likeness (QED) is 0.583. The topological polar surface area (TPSA) is 114 Å². The van der Waals surface area contributed by atoms with Crippen LogP contribution >= 0.6 is 0 Å². The maximum atomic E-state index is 12.9. The largest absolute Gasteiger partial charge is 0.493 e. The van der Waals surface area contributed by atoms with Gasteiger partial charge in [-0.1, -0.05) is 12.1 Å². The molecule has 1 aromatic carbocycles. The summed E-state index contributed by atoms with van der Waals surface area (Å²) in [6, 6.07) is 4.43. The number of benzene rings is 1. The monoisotopic (exact) mass is 441 g/mol. The lowest BCUT2D eigenvalue weighted by molar-refractivity contribution is -0.128. The lowest BCUT2D eigenvalue weighted by Crippen LogP contribution is -2.53. The van der Waals surface area contributed by atoms with Crippen molar-refractivity contribution in [3.63, 3.8) is 0 Å². The smallest absolute Gasteiger partial charge is 0.243 e. The number of carbonyl (C=O) groups is 2. The molecule has 0 saturated carbocycles. The highest BCUT2D eigenvalue weighted by Gasteiger charge is 2.30. The zero-order valence-corrected chi connectivity index (χ0v) is 18.8. The zero-order chi connectivity index (χ0) is 22.3. The van der Waals surface area contributed by atoms with E-state index >= 15 is 0 Å². The van der Waals surface area contributed by atoms with Crippen molar-refractivity contribution in [1.82, 2.24) is 14.9 Å². The standard InChI is InChI=1S/C20H31N3O6S/c1-5-30(26,27)23-11-9-16(10-12-23)22-20(25)17(21-14(2)24)13-15-7-6-8-18(28-3)19(15)29-4/h6-8,16-17H,5,9-13H2,1-4H3,(H,21,24)(H,22,25)/t17-/m0/s1. The first-order chi connectivity index (χ1) is 14.2. The molecule has 10 heteroatoms. The molecule has 0 radical (unpaired) electrons. The predicted molar refractivity (Wildman–Crippen MR) is 113 cm³/mol. The molecule has 0 aromatic heterocycles. The molecule has 1 fully saturated rings. The van der Waals surface area contributed by atoms with E-state index in [1.165, 1.54) is 25.4 Å². The van der Waals surface area contributed by atoms with E-state index in [2.05, 4.69) is 10.6 Å². The van der Waals surface area contributed by atoms with Gasteiger partial charge in [-0.2, -0.15) is 0 Å². The second-order valence-corrected chi connectivity index (χ2v) is 9.45. The average molecular weight is 442 g/mol. The molecule has 168 valence electrons. The van der Waals surface area contributed by atoms with E-state index in [-0.39, 0.29) is 30.0 Å². The van der Waals surface area contributed by atoms with Gasteiger partial charge in [0, 0.05) is 38.0 Å². The molecule has 2 amide bonds. The fourth-order valence-corrected chi connectivity index (χ4v) is 4.68. The minimum Gasteiger partial charge on any atom is -0.493 e. The van der Waals surface area contributed by atoms with Crippen LogP contribution in [0.1, 0.15) is 32.3 Å². The molecule has 2 rings (SSSR count). The third kappa shape index (κ3) is 6.09. The molecule has 1 aliphatic heterocycles. The number of methoxy groups -OCH3 is 2. The fourth-order valence-electron chi connectivity index (χ4n) is 3.55. The highest BCUT2D eigenvalue weighted by Crippen LogP contribution is 2.31. The average Bonchev–Trinajstić information content (AvgIpc) is 2.73. The Bertz CT molecular complexity index is 850. The zero-order valence-electron chi connectivity index (χ0n) is 17.9. The molecule has 0 spiro atoms. The number of piperidine rings is 1. The van der Waals surface area contributed by atoms with Crippen LogP contribution in [0.25, 0.3) is 0 Å². The molecule has 1 aromatic rings. The molecular formula is C20H31N3O6S. The van der Waals surface area contributed by atoms with E-state index in [4.69, 9.17) is 9.47 Å². The van der Waals surface area contributed by atoms with Crippen molar-refractivity contribution in [3.05, 3.63) is 23.8 Å². The van der Waals surface area contributed by atoms with Gasteiger partial charge in [0.05, 0.1) is 20.0 Å². The number of sulfonamides is 1. The van der Waals surface area contributed by atoms with Gasteiger partial charge < -0.3 is 20.1 Å². The van der Waals surface area contributed by atoms with Crippen LogP contribution in [0.3, 0.4) is 0 Å². The number of nitrogens with one attached hydrogen (secondary N) is 2. The van der Waals surface area contributed by atoms with E-state index in [0.29, 0.717) is 37.4 Å². The van der Waals surface area contributed by atoms with E-state index in [1.807, 2.05) is 6.07 Å². The second-order valence-electron chi connectivity index (χ2n) is 7.19. The lowest BCUT2D eigenvalue weighted by atomic mass is 10.0. The molecule has 1 saturated heterocycles.